The molecular formula is C17H18N2O6S. The van der Waals surface area contributed by atoms with Crippen LogP contribution in [-0.4, -0.2) is 26.2 Å². The fourth-order valence-corrected chi connectivity index (χ4v) is 4.01. The molecule has 1 atom stereocenters. The zero-order valence-electron chi connectivity index (χ0n) is 13.8. The van der Waals surface area contributed by atoms with Crippen molar-refractivity contribution in [1.82, 2.24) is 0 Å². The van der Waals surface area contributed by atoms with Crippen LogP contribution in [-0.2, 0) is 14.6 Å². The molecule has 2 aromatic rings. The molecule has 1 unspecified atom stereocenters. The van der Waals surface area contributed by atoms with Crippen LogP contribution < -0.4 is 10.5 Å². The average molecular weight is 378 g/mol. The smallest absolute Gasteiger partial charge is 0.273 e. The molecule has 0 radical (unpaired) electrons. The zero-order chi connectivity index (χ0) is 18.7. The molecule has 0 spiro atoms. The average Bonchev–Trinajstić information content (AvgIpc) is 2.62. The number of nitrogen functional groups attached to an aromatic ring is 1. The van der Waals surface area contributed by atoms with Crippen molar-refractivity contribution in [1.29, 1.82) is 0 Å². The lowest BCUT2D eigenvalue weighted by Crippen LogP contribution is -2.25. The van der Waals surface area contributed by atoms with Gasteiger partial charge in [0.25, 0.3) is 5.69 Å². The predicted octanol–water partition coefficient (Wildman–Crippen LogP) is 2.92. The van der Waals surface area contributed by atoms with E-state index in [1.807, 2.05) is 0 Å². The minimum atomic E-state index is -3.94. The summed E-state index contributed by atoms with van der Waals surface area (Å²) in [7, 11) is -3.94. The fourth-order valence-electron chi connectivity index (χ4n) is 2.64. The molecule has 0 aliphatic carbocycles. The molecular weight excluding hydrogens is 360 g/mol. The number of anilines is 1. The van der Waals surface area contributed by atoms with E-state index < -0.39 is 21.1 Å². The van der Waals surface area contributed by atoms with Gasteiger partial charge >= 0.3 is 0 Å². The topological polar surface area (TPSA) is 122 Å². The van der Waals surface area contributed by atoms with E-state index >= 15 is 0 Å². The van der Waals surface area contributed by atoms with Gasteiger partial charge in [0, 0.05) is 18.2 Å². The van der Waals surface area contributed by atoms with Gasteiger partial charge in [0.2, 0.25) is 9.84 Å². The van der Waals surface area contributed by atoms with Crippen LogP contribution in [0.15, 0.2) is 52.3 Å². The third-order valence-electron chi connectivity index (χ3n) is 4.01. The highest BCUT2D eigenvalue weighted by molar-refractivity contribution is 7.91. The lowest BCUT2D eigenvalue weighted by Gasteiger charge is -2.24. The Morgan fingerprint density at radius 1 is 1.15 bits per heavy atom. The Hall–Kier alpha value is -2.65. The lowest BCUT2D eigenvalue weighted by molar-refractivity contribution is -0.385. The highest BCUT2D eigenvalue weighted by Crippen LogP contribution is 2.34. The minimum Gasteiger partial charge on any atom is -0.463 e. The number of nitro groups is 1. The monoisotopic (exact) mass is 378 g/mol. The van der Waals surface area contributed by atoms with E-state index in [4.69, 9.17) is 15.2 Å². The van der Waals surface area contributed by atoms with E-state index in [2.05, 4.69) is 0 Å². The Bertz CT molecular complexity index is 905. The molecule has 9 heteroatoms. The van der Waals surface area contributed by atoms with Crippen molar-refractivity contribution >= 4 is 21.2 Å². The summed E-state index contributed by atoms with van der Waals surface area (Å²) in [5.74, 6) is -0.0945. The number of benzene rings is 2. The number of nitrogens with two attached hydrogens (primary N) is 1. The first-order chi connectivity index (χ1) is 12.4. The third-order valence-corrected chi connectivity index (χ3v) is 5.82. The summed E-state index contributed by atoms with van der Waals surface area (Å²) in [4.78, 5) is 10.3. The van der Waals surface area contributed by atoms with Crippen LogP contribution in [0.25, 0.3) is 0 Å². The Kier molecular flexibility index (Phi) is 5.10. The van der Waals surface area contributed by atoms with Gasteiger partial charge in [-0.2, -0.15) is 0 Å². The van der Waals surface area contributed by atoms with Crippen LogP contribution in [0, 0.1) is 10.1 Å². The van der Waals surface area contributed by atoms with Crippen LogP contribution >= 0.6 is 0 Å². The van der Waals surface area contributed by atoms with Crippen molar-refractivity contribution in [2.75, 3.05) is 12.3 Å². The Morgan fingerprint density at radius 2 is 1.88 bits per heavy atom. The maximum atomic E-state index is 13.0. The first-order valence-corrected chi connectivity index (χ1v) is 9.53. The van der Waals surface area contributed by atoms with Gasteiger partial charge in [0.05, 0.1) is 22.5 Å². The van der Waals surface area contributed by atoms with Gasteiger partial charge in [-0.3, -0.25) is 10.1 Å². The molecule has 2 aromatic carbocycles. The van der Waals surface area contributed by atoms with Gasteiger partial charge in [-0.1, -0.05) is 0 Å². The van der Waals surface area contributed by atoms with Gasteiger partial charge < -0.3 is 15.2 Å². The van der Waals surface area contributed by atoms with E-state index in [0.29, 0.717) is 18.7 Å². The number of rotatable bonds is 5. The standard InChI is InChI=1S/C17H18N2O6S/c18-12-4-7-14(8-5-12)26(22,23)16-9-6-13(19(20)21)11-15(16)25-17-3-1-2-10-24-17/h4-9,11,17H,1-3,10,18H2. The predicted molar refractivity (Wildman–Crippen MR) is 93.6 cm³/mol. The summed E-state index contributed by atoms with van der Waals surface area (Å²) < 4.78 is 37.1. The van der Waals surface area contributed by atoms with Crippen molar-refractivity contribution in [3.63, 3.8) is 0 Å². The van der Waals surface area contributed by atoms with Crippen LogP contribution in [0.4, 0.5) is 11.4 Å². The number of non-ortho nitro benzene ring substituents is 1. The van der Waals surface area contributed by atoms with E-state index in [1.165, 1.54) is 30.3 Å². The number of nitrogens with zero attached hydrogens (tertiary/aromatic N) is 1. The summed E-state index contributed by atoms with van der Waals surface area (Å²) >= 11 is 0. The minimum absolute atomic E-state index is 0.0231. The Balaban J connectivity index is 2.04. The van der Waals surface area contributed by atoms with E-state index in [1.54, 1.807) is 0 Å². The zero-order valence-corrected chi connectivity index (χ0v) is 14.6. The second kappa shape index (κ2) is 7.30. The first-order valence-electron chi connectivity index (χ1n) is 8.05. The van der Waals surface area contributed by atoms with Crippen molar-refractivity contribution < 1.29 is 22.8 Å². The van der Waals surface area contributed by atoms with Crippen LogP contribution in [0.5, 0.6) is 5.75 Å². The largest absolute Gasteiger partial charge is 0.463 e. The maximum absolute atomic E-state index is 13.0. The number of hydrogen-bond acceptors (Lipinski definition) is 7. The summed E-state index contributed by atoms with van der Waals surface area (Å²) in [6.45, 7) is 0.500. The molecule has 138 valence electrons. The maximum Gasteiger partial charge on any atom is 0.273 e. The van der Waals surface area contributed by atoms with Gasteiger partial charge in [0.15, 0.2) is 6.29 Å². The van der Waals surface area contributed by atoms with E-state index in [0.717, 1.165) is 25.0 Å². The fraction of sp³-hybridized carbons (Fsp3) is 0.294. The second-order valence-corrected chi connectivity index (χ2v) is 7.79. The molecule has 0 bridgehead atoms. The third kappa shape index (κ3) is 3.78. The second-order valence-electron chi connectivity index (χ2n) is 5.87. The van der Waals surface area contributed by atoms with Crippen molar-refractivity contribution in [2.24, 2.45) is 0 Å². The van der Waals surface area contributed by atoms with Crippen molar-refractivity contribution in [3.8, 4) is 5.75 Å². The molecule has 0 saturated carbocycles. The van der Waals surface area contributed by atoms with Gasteiger partial charge in [-0.25, -0.2) is 8.42 Å². The molecule has 8 nitrogen and oxygen atoms in total. The normalized spacial score (nSPS) is 17.6. The molecule has 0 amide bonds. The molecule has 1 aliphatic rings. The summed E-state index contributed by atoms with van der Waals surface area (Å²) in [5, 5.41) is 11.1. The molecule has 1 aliphatic heterocycles. The molecule has 1 fully saturated rings. The number of hydrogen-bond donors (Lipinski definition) is 1. The SMILES string of the molecule is Nc1ccc(S(=O)(=O)c2ccc([N+](=O)[O-])cc2OC2CCCCO2)cc1. The Labute approximate surface area is 150 Å². The number of sulfone groups is 1. The molecule has 1 saturated heterocycles. The van der Waals surface area contributed by atoms with Crippen molar-refractivity contribution in [3.05, 3.63) is 52.6 Å². The number of ether oxygens (including phenoxy) is 2. The first kappa shape index (κ1) is 18.2. The molecule has 26 heavy (non-hydrogen) atoms. The highest BCUT2D eigenvalue weighted by Gasteiger charge is 2.27. The Morgan fingerprint density at radius 3 is 2.50 bits per heavy atom. The molecule has 3 rings (SSSR count). The van der Waals surface area contributed by atoms with Gasteiger partial charge in [0.1, 0.15) is 10.6 Å². The van der Waals surface area contributed by atoms with Crippen LogP contribution in [0.3, 0.4) is 0 Å². The molecule has 1 heterocycles. The van der Waals surface area contributed by atoms with Crippen molar-refractivity contribution in [2.45, 2.75) is 35.3 Å². The van der Waals surface area contributed by atoms with E-state index in [9.17, 15) is 18.5 Å². The van der Waals surface area contributed by atoms with Gasteiger partial charge in [-0.05, 0) is 43.2 Å². The van der Waals surface area contributed by atoms with Gasteiger partial charge in [-0.15, -0.1) is 0 Å². The summed E-state index contributed by atoms with van der Waals surface area (Å²) in [6, 6.07) is 9.15. The summed E-state index contributed by atoms with van der Waals surface area (Å²) in [5.41, 5.74) is 5.78. The van der Waals surface area contributed by atoms with Crippen LogP contribution in [0.1, 0.15) is 19.3 Å². The summed E-state index contributed by atoms with van der Waals surface area (Å²) in [6.07, 6.45) is 1.72. The molecule has 0 aromatic heterocycles. The molecule has 2 N–H and O–H groups in total. The van der Waals surface area contributed by atoms with E-state index in [-0.39, 0.29) is 21.2 Å². The quantitative estimate of drug-likeness (QED) is 0.482. The van der Waals surface area contributed by atoms with Crippen LogP contribution in [0.2, 0.25) is 0 Å². The number of nitro benzene ring substituents is 1. The lowest BCUT2D eigenvalue weighted by atomic mass is 10.2. The highest BCUT2D eigenvalue weighted by atomic mass is 32.2.